The average molecular weight is 337 g/mol. The number of nitrogens with zero attached hydrogens (tertiary/aromatic N) is 2. The van der Waals surface area contributed by atoms with Gasteiger partial charge in [-0.15, -0.1) is 11.3 Å². The third-order valence-corrected chi connectivity index (χ3v) is 4.77. The SMILES string of the molecule is Cc1c(C(=O)O)sc2nc(C(C)C)n(CCCC(N)=O)c(=O)c12. The van der Waals surface area contributed by atoms with Gasteiger partial charge in [0.05, 0.1) is 5.39 Å². The number of nitrogens with two attached hydrogens (primary N) is 1. The summed E-state index contributed by atoms with van der Waals surface area (Å²) < 4.78 is 1.53. The molecule has 2 rings (SSSR count). The monoisotopic (exact) mass is 337 g/mol. The van der Waals surface area contributed by atoms with Gasteiger partial charge in [-0.25, -0.2) is 9.78 Å². The van der Waals surface area contributed by atoms with E-state index in [1.54, 1.807) is 6.92 Å². The summed E-state index contributed by atoms with van der Waals surface area (Å²) in [6.45, 7) is 5.78. The first-order chi connectivity index (χ1) is 10.7. The number of hydrogen-bond donors (Lipinski definition) is 2. The van der Waals surface area contributed by atoms with Crippen molar-refractivity contribution in [3.05, 3.63) is 26.6 Å². The van der Waals surface area contributed by atoms with Crippen molar-refractivity contribution in [2.75, 3.05) is 0 Å². The highest BCUT2D eigenvalue weighted by Gasteiger charge is 2.21. The van der Waals surface area contributed by atoms with Gasteiger partial charge in [0.15, 0.2) is 0 Å². The number of primary amides is 1. The molecule has 2 aromatic heterocycles. The average Bonchev–Trinajstić information content (AvgIpc) is 2.78. The molecule has 0 bridgehead atoms. The predicted octanol–water partition coefficient (Wildman–Crippen LogP) is 1.85. The molecule has 0 spiro atoms. The molecule has 8 heteroatoms. The topological polar surface area (TPSA) is 115 Å². The van der Waals surface area contributed by atoms with Gasteiger partial charge in [-0.2, -0.15) is 0 Å². The van der Waals surface area contributed by atoms with Crippen LogP contribution >= 0.6 is 11.3 Å². The first kappa shape index (κ1) is 17.1. The Hall–Kier alpha value is -2.22. The van der Waals surface area contributed by atoms with Crippen LogP contribution in [0.25, 0.3) is 10.2 Å². The number of carbonyl (C=O) groups excluding carboxylic acids is 1. The van der Waals surface area contributed by atoms with E-state index in [0.717, 1.165) is 11.3 Å². The van der Waals surface area contributed by atoms with E-state index in [2.05, 4.69) is 4.98 Å². The van der Waals surface area contributed by atoms with Gasteiger partial charge in [0.1, 0.15) is 15.5 Å². The van der Waals surface area contributed by atoms with Crippen molar-refractivity contribution in [1.82, 2.24) is 9.55 Å². The molecular formula is C15H19N3O4S. The zero-order valence-electron chi connectivity index (χ0n) is 13.3. The summed E-state index contributed by atoms with van der Waals surface area (Å²) in [5.41, 5.74) is 5.32. The van der Waals surface area contributed by atoms with E-state index in [9.17, 15) is 19.5 Å². The van der Waals surface area contributed by atoms with Crippen molar-refractivity contribution in [3.8, 4) is 0 Å². The number of amides is 1. The Labute approximate surface area is 136 Å². The van der Waals surface area contributed by atoms with Crippen LogP contribution in [0.3, 0.4) is 0 Å². The normalized spacial score (nSPS) is 11.3. The Morgan fingerprint density at radius 3 is 2.57 bits per heavy atom. The van der Waals surface area contributed by atoms with Crippen LogP contribution in [0.1, 0.15) is 53.7 Å². The Bertz CT molecular complexity index is 835. The first-order valence-corrected chi connectivity index (χ1v) is 8.11. The van der Waals surface area contributed by atoms with E-state index in [0.29, 0.717) is 34.6 Å². The number of hydrogen-bond acceptors (Lipinski definition) is 5. The lowest BCUT2D eigenvalue weighted by molar-refractivity contribution is -0.118. The first-order valence-electron chi connectivity index (χ1n) is 7.29. The molecule has 0 fully saturated rings. The summed E-state index contributed by atoms with van der Waals surface area (Å²) in [7, 11) is 0. The molecule has 0 saturated heterocycles. The molecule has 1 amide bonds. The van der Waals surface area contributed by atoms with E-state index in [1.807, 2.05) is 13.8 Å². The number of aromatic nitrogens is 2. The maximum atomic E-state index is 12.8. The fourth-order valence-electron chi connectivity index (χ4n) is 2.50. The molecular weight excluding hydrogens is 318 g/mol. The van der Waals surface area contributed by atoms with Gasteiger partial charge in [0.2, 0.25) is 5.91 Å². The number of carboxylic acid groups (broad SMARTS) is 1. The number of thiophene rings is 1. The highest BCUT2D eigenvalue weighted by atomic mass is 32.1. The van der Waals surface area contributed by atoms with Gasteiger partial charge in [0.25, 0.3) is 5.56 Å². The number of aromatic carboxylic acids is 1. The van der Waals surface area contributed by atoms with Gasteiger partial charge >= 0.3 is 5.97 Å². The quantitative estimate of drug-likeness (QED) is 0.834. The van der Waals surface area contributed by atoms with E-state index in [-0.39, 0.29) is 22.8 Å². The summed E-state index contributed by atoms with van der Waals surface area (Å²) in [5, 5.41) is 9.57. The molecule has 3 N–H and O–H groups in total. The summed E-state index contributed by atoms with van der Waals surface area (Å²) >= 11 is 1.02. The molecule has 0 radical (unpaired) electrons. The second-order valence-corrected chi connectivity index (χ2v) is 6.69. The van der Waals surface area contributed by atoms with Gasteiger partial charge in [-0.3, -0.25) is 14.2 Å². The van der Waals surface area contributed by atoms with Crippen molar-refractivity contribution in [1.29, 1.82) is 0 Å². The number of aryl methyl sites for hydroxylation is 1. The lowest BCUT2D eigenvalue weighted by Gasteiger charge is -2.14. The smallest absolute Gasteiger partial charge is 0.346 e. The lowest BCUT2D eigenvalue weighted by Crippen LogP contribution is -2.26. The predicted molar refractivity (Wildman–Crippen MR) is 88.1 cm³/mol. The summed E-state index contributed by atoms with van der Waals surface area (Å²) in [6, 6.07) is 0. The van der Waals surface area contributed by atoms with Crippen LogP contribution in [0.5, 0.6) is 0 Å². The molecule has 0 aliphatic heterocycles. The largest absolute Gasteiger partial charge is 0.477 e. The molecule has 124 valence electrons. The minimum absolute atomic E-state index is 0.00337. The molecule has 0 aromatic carbocycles. The van der Waals surface area contributed by atoms with Gasteiger partial charge in [-0.1, -0.05) is 13.8 Å². The lowest BCUT2D eigenvalue weighted by atomic mass is 10.1. The molecule has 7 nitrogen and oxygen atoms in total. The molecule has 0 aliphatic carbocycles. The van der Waals surface area contributed by atoms with Crippen LogP contribution in [-0.4, -0.2) is 26.5 Å². The van der Waals surface area contributed by atoms with Gasteiger partial charge < -0.3 is 10.8 Å². The zero-order valence-corrected chi connectivity index (χ0v) is 14.1. The molecule has 23 heavy (non-hydrogen) atoms. The number of carboxylic acids is 1. The minimum Gasteiger partial charge on any atom is -0.477 e. The fraction of sp³-hybridized carbons (Fsp3) is 0.467. The van der Waals surface area contributed by atoms with E-state index >= 15 is 0 Å². The fourth-order valence-corrected chi connectivity index (χ4v) is 3.52. The number of fused-ring (bicyclic) bond motifs is 1. The maximum Gasteiger partial charge on any atom is 0.346 e. The van der Waals surface area contributed by atoms with Crippen LogP contribution in [-0.2, 0) is 11.3 Å². The Morgan fingerprint density at radius 1 is 1.39 bits per heavy atom. The van der Waals surface area contributed by atoms with E-state index < -0.39 is 11.9 Å². The number of rotatable bonds is 6. The summed E-state index contributed by atoms with van der Waals surface area (Å²) in [4.78, 5) is 40.1. The highest BCUT2D eigenvalue weighted by Crippen LogP contribution is 2.28. The van der Waals surface area contributed by atoms with E-state index in [1.165, 1.54) is 4.57 Å². The summed E-state index contributed by atoms with van der Waals surface area (Å²) in [5.74, 6) is -0.893. The minimum atomic E-state index is -1.06. The number of carbonyl (C=O) groups is 2. The third kappa shape index (κ3) is 3.26. The molecule has 0 saturated carbocycles. The van der Waals surface area contributed by atoms with E-state index in [4.69, 9.17) is 5.73 Å². The molecule has 2 aromatic rings. The van der Waals surface area contributed by atoms with Crippen LogP contribution in [0.15, 0.2) is 4.79 Å². The van der Waals surface area contributed by atoms with Gasteiger partial charge in [0, 0.05) is 18.9 Å². The Balaban J connectivity index is 2.64. The van der Waals surface area contributed by atoms with Crippen molar-refractivity contribution in [2.45, 2.75) is 46.1 Å². The highest BCUT2D eigenvalue weighted by molar-refractivity contribution is 7.20. The summed E-state index contributed by atoms with van der Waals surface area (Å²) in [6.07, 6.45) is 0.627. The maximum absolute atomic E-state index is 12.8. The van der Waals surface area contributed by atoms with Crippen molar-refractivity contribution >= 4 is 33.4 Å². The zero-order chi connectivity index (χ0) is 17.3. The standard InChI is InChI=1S/C15H19N3O4S/c1-7(2)12-17-13-10(8(3)11(23-13)15(21)22)14(20)18(12)6-4-5-9(16)19/h7H,4-6H2,1-3H3,(H2,16,19)(H,21,22). The van der Waals surface area contributed by atoms with Crippen molar-refractivity contribution in [2.24, 2.45) is 5.73 Å². The van der Waals surface area contributed by atoms with Crippen LogP contribution in [0.4, 0.5) is 0 Å². The van der Waals surface area contributed by atoms with Crippen molar-refractivity contribution in [3.63, 3.8) is 0 Å². The molecule has 0 aliphatic rings. The Morgan fingerprint density at radius 2 is 2.04 bits per heavy atom. The second kappa shape index (κ2) is 6.49. The molecule has 0 atom stereocenters. The second-order valence-electron chi connectivity index (χ2n) is 5.69. The van der Waals surface area contributed by atoms with Gasteiger partial charge in [-0.05, 0) is 18.9 Å². The van der Waals surface area contributed by atoms with Crippen molar-refractivity contribution < 1.29 is 14.7 Å². The third-order valence-electron chi connectivity index (χ3n) is 3.60. The Kier molecular flexibility index (Phi) is 4.84. The molecule has 2 heterocycles. The van der Waals surface area contributed by atoms with Crippen LogP contribution in [0.2, 0.25) is 0 Å². The molecule has 0 unspecified atom stereocenters. The van der Waals surface area contributed by atoms with Crippen LogP contribution < -0.4 is 11.3 Å². The van der Waals surface area contributed by atoms with Crippen LogP contribution in [0, 0.1) is 6.92 Å².